The van der Waals surface area contributed by atoms with Gasteiger partial charge in [0, 0.05) is 11.1 Å². The van der Waals surface area contributed by atoms with Crippen LogP contribution in [0, 0.1) is 18.3 Å². The van der Waals surface area contributed by atoms with Gasteiger partial charge in [-0.1, -0.05) is 6.58 Å². The fourth-order valence-electron chi connectivity index (χ4n) is 0.934. The molecule has 0 amide bonds. The van der Waals surface area contributed by atoms with Crippen LogP contribution in [0.5, 0.6) is 0 Å². The van der Waals surface area contributed by atoms with Gasteiger partial charge in [-0.25, -0.2) is 13.4 Å². The highest BCUT2D eigenvalue weighted by Gasteiger charge is 2.12. The van der Waals surface area contributed by atoms with Gasteiger partial charge in [0.1, 0.15) is 0 Å². The molecule has 0 saturated carbocycles. The van der Waals surface area contributed by atoms with Gasteiger partial charge in [-0.2, -0.15) is 5.26 Å². The van der Waals surface area contributed by atoms with Crippen LogP contribution in [0.2, 0.25) is 0 Å². The molecule has 4 nitrogen and oxygen atoms in total. The van der Waals surface area contributed by atoms with Gasteiger partial charge < -0.3 is 0 Å². The van der Waals surface area contributed by atoms with Crippen molar-refractivity contribution in [3.63, 3.8) is 0 Å². The maximum atomic E-state index is 11.3. The summed E-state index contributed by atoms with van der Waals surface area (Å²) in [6.45, 7) is 4.81. The minimum absolute atomic E-state index is 0.135. The third kappa shape index (κ3) is 1.98. The molecule has 0 aromatic carbocycles. The first-order chi connectivity index (χ1) is 6.49. The first-order valence-corrected chi connectivity index (χ1v) is 5.30. The molecule has 0 aliphatic heterocycles. The number of rotatable bonds is 2. The van der Waals surface area contributed by atoms with Crippen molar-refractivity contribution in [3.05, 3.63) is 35.4 Å². The number of nitrogens with zero attached hydrogens (tertiary/aromatic N) is 2. The second-order valence-corrected chi connectivity index (χ2v) is 4.50. The first kappa shape index (κ1) is 10.4. The Hall–Kier alpha value is -1.67. The smallest absolute Gasteiger partial charge is 0.216 e. The van der Waals surface area contributed by atoms with E-state index >= 15 is 0 Å². The molecule has 1 rings (SSSR count). The fraction of sp³-hybridized carbons (Fsp3) is 0.111. The lowest BCUT2D eigenvalue weighted by molar-refractivity contribution is 0.600. The first-order valence-electron chi connectivity index (χ1n) is 3.76. The molecule has 1 aromatic heterocycles. The monoisotopic (exact) mass is 208 g/mol. The summed E-state index contributed by atoms with van der Waals surface area (Å²) in [7, 11) is -3.55. The lowest BCUT2D eigenvalue weighted by Crippen LogP contribution is -2.01. The van der Waals surface area contributed by atoms with Gasteiger partial charge in [-0.15, -0.1) is 0 Å². The van der Waals surface area contributed by atoms with Crippen molar-refractivity contribution < 1.29 is 8.42 Å². The van der Waals surface area contributed by atoms with Crippen LogP contribution >= 0.6 is 0 Å². The number of sulfone groups is 1. The lowest BCUT2D eigenvalue weighted by Gasteiger charge is -1.99. The van der Waals surface area contributed by atoms with Crippen molar-refractivity contribution >= 4 is 9.84 Å². The molecule has 0 saturated heterocycles. The molecule has 72 valence electrons. The van der Waals surface area contributed by atoms with E-state index in [1.165, 1.54) is 12.1 Å². The second kappa shape index (κ2) is 3.60. The summed E-state index contributed by atoms with van der Waals surface area (Å²) in [4.78, 5) is 3.81. The van der Waals surface area contributed by atoms with Crippen molar-refractivity contribution in [2.45, 2.75) is 11.9 Å². The highest BCUT2D eigenvalue weighted by molar-refractivity contribution is 7.94. The molecule has 0 aliphatic rings. The molecular formula is C9H8N2O2S. The molecule has 0 fully saturated rings. The summed E-state index contributed by atoms with van der Waals surface area (Å²) in [5, 5.41) is 9.31. The number of hydrogen-bond acceptors (Lipinski definition) is 4. The standard InChI is InChI=1S/C9H8N2O2S/c1-3-14(12,13)9-5-8(6-10)4-7(2)11-9/h3-5H,1H2,2H3. The third-order valence-electron chi connectivity index (χ3n) is 1.57. The van der Waals surface area contributed by atoms with Gasteiger partial charge >= 0.3 is 0 Å². The molecule has 0 spiro atoms. The van der Waals surface area contributed by atoms with Crippen molar-refractivity contribution in [2.24, 2.45) is 0 Å². The van der Waals surface area contributed by atoms with Crippen molar-refractivity contribution in [3.8, 4) is 6.07 Å². The molecule has 0 bridgehead atoms. The molecule has 14 heavy (non-hydrogen) atoms. The molecule has 0 unspecified atom stereocenters. The Labute approximate surface area is 82.4 Å². The summed E-state index contributed by atoms with van der Waals surface area (Å²) in [5.41, 5.74) is 0.766. The van der Waals surface area contributed by atoms with Crippen LogP contribution in [0.1, 0.15) is 11.3 Å². The van der Waals surface area contributed by atoms with Gasteiger partial charge in [-0.3, -0.25) is 0 Å². The quantitative estimate of drug-likeness (QED) is 0.731. The molecule has 0 radical (unpaired) electrons. The van der Waals surface area contributed by atoms with E-state index in [0.717, 1.165) is 5.41 Å². The Morgan fingerprint density at radius 2 is 2.21 bits per heavy atom. The van der Waals surface area contributed by atoms with Crippen LogP contribution in [-0.2, 0) is 9.84 Å². The van der Waals surface area contributed by atoms with E-state index in [1.807, 2.05) is 6.07 Å². The lowest BCUT2D eigenvalue weighted by atomic mass is 10.2. The second-order valence-electron chi connectivity index (χ2n) is 2.66. The van der Waals surface area contributed by atoms with Crippen LogP contribution in [0.4, 0.5) is 0 Å². The molecular weight excluding hydrogens is 200 g/mol. The minimum atomic E-state index is -3.55. The molecule has 1 heterocycles. The Morgan fingerprint density at radius 1 is 1.57 bits per heavy atom. The zero-order valence-corrected chi connectivity index (χ0v) is 8.37. The zero-order valence-electron chi connectivity index (χ0n) is 7.56. The van der Waals surface area contributed by atoms with Gasteiger partial charge in [-0.05, 0) is 19.1 Å². The largest absolute Gasteiger partial charge is 0.241 e. The summed E-state index contributed by atoms with van der Waals surface area (Å²) in [5.74, 6) is 0. The van der Waals surface area contributed by atoms with Gasteiger partial charge in [0.2, 0.25) is 9.84 Å². The Bertz CT molecular complexity index is 512. The average molecular weight is 208 g/mol. The zero-order chi connectivity index (χ0) is 10.8. The number of pyridine rings is 1. The fourth-order valence-corrected chi connectivity index (χ4v) is 1.67. The van der Waals surface area contributed by atoms with E-state index in [2.05, 4.69) is 11.6 Å². The molecule has 5 heteroatoms. The molecule has 0 N–H and O–H groups in total. The molecule has 1 aromatic rings. The SMILES string of the molecule is C=CS(=O)(=O)c1cc(C#N)cc(C)n1. The topological polar surface area (TPSA) is 70.8 Å². The van der Waals surface area contributed by atoms with Crippen LogP contribution in [-0.4, -0.2) is 13.4 Å². The van der Waals surface area contributed by atoms with Crippen LogP contribution in [0.25, 0.3) is 0 Å². The van der Waals surface area contributed by atoms with E-state index in [1.54, 1.807) is 6.92 Å². The normalized spacial score (nSPS) is 10.6. The van der Waals surface area contributed by atoms with Crippen LogP contribution in [0.3, 0.4) is 0 Å². The van der Waals surface area contributed by atoms with E-state index in [9.17, 15) is 8.42 Å². The number of nitriles is 1. The number of hydrogen-bond donors (Lipinski definition) is 0. The van der Waals surface area contributed by atoms with Gasteiger partial charge in [0.25, 0.3) is 0 Å². The Kier molecular flexibility index (Phi) is 2.68. The van der Waals surface area contributed by atoms with E-state index < -0.39 is 9.84 Å². The minimum Gasteiger partial charge on any atom is -0.241 e. The third-order valence-corrected chi connectivity index (χ3v) is 2.80. The average Bonchev–Trinajstić information content (AvgIpc) is 2.16. The summed E-state index contributed by atoms with van der Waals surface area (Å²) >= 11 is 0. The molecule has 0 aliphatic carbocycles. The van der Waals surface area contributed by atoms with Gasteiger partial charge in [0.05, 0.1) is 11.6 Å². The molecule has 0 atom stereocenters. The van der Waals surface area contributed by atoms with Crippen molar-refractivity contribution in [2.75, 3.05) is 0 Å². The number of aryl methyl sites for hydroxylation is 1. The van der Waals surface area contributed by atoms with Crippen molar-refractivity contribution in [1.29, 1.82) is 5.26 Å². The predicted molar refractivity (Wildman–Crippen MR) is 51.1 cm³/mol. The van der Waals surface area contributed by atoms with E-state index in [-0.39, 0.29) is 10.6 Å². The number of aromatic nitrogens is 1. The summed E-state index contributed by atoms with van der Waals surface area (Å²) in [6, 6.07) is 4.61. The summed E-state index contributed by atoms with van der Waals surface area (Å²) < 4.78 is 22.7. The van der Waals surface area contributed by atoms with Gasteiger partial charge in [0.15, 0.2) is 5.03 Å². The van der Waals surface area contributed by atoms with Crippen LogP contribution in [0.15, 0.2) is 29.1 Å². The maximum absolute atomic E-state index is 11.3. The highest BCUT2D eigenvalue weighted by Crippen LogP contribution is 2.12. The van der Waals surface area contributed by atoms with E-state index in [4.69, 9.17) is 5.26 Å². The van der Waals surface area contributed by atoms with Crippen LogP contribution < -0.4 is 0 Å². The maximum Gasteiger partial charge on any atom is 0.216 e. The Balaban J connectivity index is 3.46. The summed E-state index contributed by atoms with van der Waals surface area (Å²) in [6.07, 6.45) is 0. The highest BCUT2D eigenvalue weighted by atomic mass is 32.2. The predicted octanol–water partition coefficient (Wildman–Crippen LogP) is 1.18. The van der Waals surface area contributed by atoms with Crippen molar-refractivity contribution in [1.82, 2.24) is 4.98 Å². The Morgan fingerprint density at radius 3 is 2.71 bits per heavy atom. The van der Waals surface area contributed by atoms with E-state index in [0.29, 0.717) is 5.69 Å².